The maximum atomic E-state index is 11.8. The molecule has 1 amide bonds. The molecule has 0 unspecified atom stereocenters. The first kappa shape index (κ1) is 13.4. The number of rotatable bonds is 4. The molecule has 1 aromatic rings. The van der Waals surface area contributed by atoms with E-state index >= 15 is 0 Å². The van der Waals surface area contributed by atoms with Crippen LogP contribution in [0.4, 0.5) is 5.69 Å². The Morgan fingerprint density at radius 2 is 1.95 bits per heavy atom. The Bertz CT molecular complexity index is 455. The maximum Gasteiger partial charge on any atom is 0.269 e. The fraction of sp³-hybridized carbons (Fsp3) is 0.417. The van der Waals surface area contributed by atoms with Crippen molar-refractivity contribution in [1.29, 1.82) is 0 Å². The lowest BCUT2D eigenvalue weighted by Crippen LogP contribution is -2.48. The quantitative estimate of drug-likeness (QED) is 0.598. The number of non-ortho nitro benzene ring substituents is 1. The molecule has 0 aromatic heterocycles. The van der Waals surface area contributed by atoms with Gasteiger partial charge >= 0.3 is 0 Å². The van der Waals surface area contributed by atoms with E-state index in [0.717, 1.165) is 26.2 Å². The van der Waals surface area contributed by atoms with Gasteiger partial charge < -0.3 is 10.6 Å². The Balaban J connectivity index is 1.86. The van der Waals surface area contributed by atoms with E-state index in [-0.39, 0.29) is 11.6 Å². The van der Waals surface area contributed by atoms with Crippen molar-refractivity contribution < 1.29 is 9.72 Å². The summed E-state index contributed by atoms with van der Waals surface area (Å²) in [4.78, 5) is 24.0. The second-order valence-electron chi connectivity index (χ2n) is 4.34. The lowest BCUT2D eigenvalue weighted by Gasteiger charge is -2.27. The summed E-state index contributed by atoms with van der Waals surface area (Å²) in [6.45, 7) is 4.15. The van der Waals surface area contributed by atoms with Crippen molar-refractivity contribution in [2.75, 3.05) is 32.8 Å². The summed E-state index contributed by atoms with van der Waals surface area (Å²) in [5.74, 6) is -0.214. The topological polar surface area (TPSA) is 87.5 Å². The molecular weight excluding hydrogens is 248 g/mol. The molecule has 1 heterocycles. The molecule has 0 atom stereocenters. The van der Waals surface area contributed by atoms with E-state index in [4.69, 9.17) is 0 Å². The monoisotopic (exact) mass is 264 g/mol. The zero-order chi connectivity index (χ0) is 13.7. The predicted octanol–water partition coefficient (Wildman–Crippen LogP) is 0.187. The summed E-state index contributed by atoms with van der Waals surface area (Å²) in [7, 11) is 0. The van der Waals surface area contributed by atoms with E-state index in [1.807, 2.05) is 0 Å². The highest BCUT2D eigenvalue weighted by molar-refractivity contribution is 5.94. The van der Waals surface area contributed by atoms with E-state index in [0.29, 0.717) is 12.2 Å². The highest BCUT2D eigenvalue weighted by Crippen LogP contribution is 2.11. The number of hydrogen-bond acceptors (Lipinski definition) is 5. The first-order chi connectivity index (χ1) is 9.16. The lowest BCUT2D eigenvalue weighted by molar-refractivity contribution is -0.384. The van der Waals surface area contributed by atoms with Crippen LogP contribution < -0.4 is 10.6 Å². The SMILES string of the molecule is O=C(NCN1CCNCC1)c1ccc([N+](=O)[O-])cc1. The van der Waals surface area contributed by atoms with Crippen LogP contribution in [0, 0.1) is 10.1 Å². The second-order valence-corrected chi connectivity index (χ2v) is 4.34. The number of piperazine rings is 1. The van der Waals surface area contributed by atoms with Crippen LogP contribution in [0.1, 0.15) is 10.4 Å². The molecule has 1 aliphatic rings. The third-order valence-electron chi connectivity index (χ3n) is 3.01. The average molecular weight is 264 g/mol. The second kappa shape index (κ2) is 6.26. The van der Waals surface area contributed by atoms with Gasteiger partial charge in [0.1, 0.15) is 0 Å². The Kier molecular flexibility index (Phi) is 4.43. The number of carbonyl (C=O) groups excluding carboxylic acids is 1. The molecule has 1 aromatic carbocycles. The highest BCUT2D eigenvalue weighted by atomic mass is 16.6. The third kappa shape index (κ3) is 3.73. The van der Waals surface area contributed by atoms with Gasteiger partial charge in [-0.2, -0.15) is 0 Å². The van der Waals surface area contributed by atoms with Gasteiger partial charge in [-0.1, -0.05) is 0 Å². The van der Waals surface area contributed by atoms with Crippen LogP contribution in [-0.2, 0) is 0 Å². The fourth-order valence-corrected chi connectivity index (χ4v) is 1.89. The number of benzene rings is 1. The van der Waals surface area contributed by atoms with E-state index < -0.39 is 4.92 Å². The van der Waals surface area contributed by atoms with Crippen LogP contribution in [0.15, 0.2) is 24.3 Å². The van der Waals surface area contributed by atoms with Crippen molar-refractivity contribution in [2.45, 2.75) is 0 Å². The van der Waals surface area contributed by atoms with E-state index in [2.05, 4.69) is 15.5 Å². The molecular formula is C12H16N4O3. The number of nitrogens with zero attached hydrogens (tertiary/aromatic N) is 2. The number of carbonyl (C=O) groups is 1. The zero-order valence-electron chi connectivity index (χ0n) is 10.5. The number of nitro groups is 1. The Morgan fingerprint density at radius 1 is 1.32 bits per heavy atom. The highest BCUT2D eigenvalue weighted by Gasteiger charge is 2.12. The molecule has 0 bridgehead atoms. The minimum absolute atomic E-state index is 0.0151. The lowest BCUT2D eigenvalue weighted by atomic mass is 10.2. The molecule has 7 heteroatoms. The van der Waals surface area contributed by atoms with Crippen molar-refractivity contribution in [1.82, 2.24) is 15.5 Å². The van der Waals surface area contributed by atoms with Gasteiger partial charge in [-0.3, -0.25) is 19.8 Å². The van der Waals surface area contributed by atoms with E-state index in [9.17, 15) is 14.9 Å². The van der Waals surface area contributed by atoms with Gasteiger partial charge in [0, 0.05) is 43.9 Å². The minimum atomic E-state index is -0.484. The Labute approximate surface area is 110 Å². The summed E-state index contributed by atoms with van der Waals surface area (Å²) in [5, 5.41) is 16.5. The Morgan fingerprint density at radius 3 is 2.53 bits per heavy atom. The van der Waals surface area contributed by atoms with Crippen molar-refractivity contribution >= 4 is 11.6 Å². The van der Waals surface area contributed by atoms with E-state index in [1.165, 1.54) is 24.3 Å². The first-order valence-electron chi connectivity index (χ1n) is 6.12. The molecule has 102 valence electrons. The van der Waals surface area contributed by atoms with Gasteiger partial charge in [0.15, 0.2) is 0 Å². The summed E-state index contributed by atoms with van der Waals surface area (Å²) in [5.41, 5.74) is 0.416. The molecule has 2 N–H and O–H groups in total. The van der Waals surface area contributed by atoms with Crippen LogP contribution in [0.2, 0.25) is 0 Å². The van der Waals surface area contributed by atoms with Gasteiger partial charge in [0.25, 0.3) is 11.6 Å². The smallest absolute Gasteiger partial charge is 0.269 e. The van der Waals surface area contributed by atoms with Gasteiger partial charge in [-0.25, -0.2) is 0 Å². The van der Waals surface area contributed by atoms with Gasteiger partial charge in [-0.15, -0.1) is 0 Å². The molecule has 1 saturated heterocycles. The van der Waals surface area contributed by atoms with Crippen molar-refractivity contribution in [3.05, 3.63) is 39.9 Å². The molecule has 19 heavy (non-hydrogen) atoms. The Hall–Kier alpha value is -1.99. The first-order valence-corrected chi connectivity index (χ1v) is 6.12. The maximum absolute atomic E-state index is 11.8. The van der Waals surface area contributed by atoms with E-state index in [1.54, 1.807) is 0 Å². The van der Waals surface area contributed by atoms with Crippen LogP contribution in [0.5, 0.6) is 0 Å². The molecule has 0 aliphatic carbocycles. The summed E-state index contributed by atoms with van der Waals surface area (Å²) < 4.78 is 0. The largest absolute Gasteiger partial charge is 0.339 e. The van der Waals surface area contributed by atoms with Crippen LogP contribution in [0.25, 0.3) is 0 Å². The molecule has 2 rings (SSSR count). The minimum Gasteiger partial charge on any atom is -0.339 e. The van der Waals surface area contributed by atoms with Gasteiger partial charge in [0.2, 0.25) is 0 Å². The molecule has 7 nitrogen and oxygen atoms in total. The normalized spacial score (nSPS) is 16.0. The number of nitro benzene ring substituents is 1. The molecule has 0 radical (unpaired) electrons. The predicted molar refractivity (Wildman–Crippen MR) is 69.9 cm³/mol. The molecule has 1 aliphatic heterocycles. The molecule has 0 saturated carbocycles. The van der Waals surface area contributed by atoms with Gasteiger partial charge in [0.05, 0.1) is 11.6 Å². The van der Waals surface area contributed by atoms with Crippen molar-refractivity contribution in [3.8, 4) is 0 Å². The molecule has 1 fully saturated rings. The standard InChI is InChI=1S/C12H16N4O3/c17-12(14-9-15-7-5-13-6-8-15)10-1-3-11(4-2-10)16(18)19/h1-4,13H,5-9H2,(H,14,17). The van der Waals surface area contributed by atoms with Crippen molar-refractivity contribution in [3.63, 3.8) is 0 Å². The average Bonchev–Trinajstić information content (AvgIpc) is 2.46. The molecule has 0 spiro atoms. The number of nitrogens with one attached hydrogen (secondary N) is 2. The number of amides is 1. The zero-order valence-corrected chi connectivity index (χ0v) is 10.5. The van der Waals surface area contributed by atoms with Crippen LogP contribution in [0.3, 0.4) is 0 Å². The summed E-state index contributed by atoms with van der Waals surface area (Å²) in [6.07, 6.45) is 0. The van der Waals surface area contributed by atoms with Crippen LogP contribution in [-0.4, -0.2) is 48.6 Å². The fourth-order valence-electron chi connectivity index (χ4n) is 1.89. The van der Waals surface area contributed by atoms with Crippen LogP contribution >= 0.6 is 0 Å². The third-order valence-corrected chi connectivity index (χ3v) is 3.01. The number of hydrogen-bond donors (Lipinski definition) is 2. The summed E-state index contributed by atoms with van der Waals surface area (Å²) in [6, 6.07) is 5.59. The van der Waals surface area contributed by atoms with Gasteiger partial charge in [-0.05, 0) is 12.1 Å². The summed E-state index contributed by atoms with van der Waals surface area (Å²) >= 11 is 0. The van der Waals surface area contributed by atoms with Crippen molar-refractivity contribution in [2.24, 2.45) is 0 Å².